The highest BCUT2D eigenvalue weighted by Crippen LogP contribution is 2.29. The fraction of sp³-hybridized carbons (Fsp3) is 0.294. The van der Waals surface area contributed by atoms with Crippen LogP contribution in [0.25, 0.3) is 0 Å². The van der Waals surface area contributed by atoms with E-state index in [1.54, 1.807) is 0 Å². The minimum atomic E-state index is 0.366. The molecule has 0 radical (unpaired) electrons. The molecule has 0 spiro atoms. The third kappa shape index (κ3) is 3.84. The van der Waals surface area contributed by atoms with Gasteiger partial charge in [0.2, 0.25) is 0 Å². The van der Waals surface area contributed by atoms with E-state index in [1.807, 2.05) is 0 Å². The van der Waals surface area contributed by atoms with E-state index in [1.165, 1.54) is 11.1 Å². The van der Waals surface area contributed by atoms with Crippen molar-refractivity contribution in [1.82, 2.24) is 0 Å². The molecule has 0 aromatic heterocycles. The lowest BCUT2D eigenvalue weighted by atomic mass is 10.0. The lowest BCUT2D eigenvalue weighted by Crippen LogP contribution is -2.10. The first-order chi connectivity index (χ1) is 9.20. The molecule has 1 unspecified atom stereocenters. The number of rotatable bonds is 5. The van der Waals surface area contributed by atoms with Crippen LogP contribution in [0, 0.1) is 6.92 Å². The van der Waals surface area contributed by atoms with Gasteiger partial charge in [0.15, 0.2) is 0 Å². The number of nitrogens with one attached hydrogen (secondary N) is 1. The zero-order valence-corrected chi connectivity index (χ0v) is 13.1. The molecular formula is C17H20BrN. The van der Waals surface area contributed by atoms with Gasteiger partial charge in [-0.15, -0.1) is 0 Å². The van der Waals surface area contributed by atoms with Gasteiger partial charge in [0.05, 0.1) is 6.04 Å². The minimum absolute atomic E-state index is 0.366. The summed E-state index contributed by atoms with van der Waals surface area (Å²) in [6.45, 7) is 4.33. The van der Waals surface area contributed by atoms with Gasteiger partial charge in [0.25, 0.3) is 0 Å². The number of halogens is 1. The van der Waals surface area contributed by atoms with Crippen LogP contribution in [0.3, 0.4) is 0 Å². The fourth-order valence-electron chi connectivity index (χ4n) is 2.22. The highest BCUT2D eigenvalue weighted by Gasteiger charge is 2.11. The summed E-state index contributed by atoms with van der Waals surface area (Å²) in [4.78, 5) is 0. The minimum Gasteiger partial charge on any atom is -0.377 e. The largest absolute Gasteiger partial charge is 0.377 e. The first kappa shape index (κ1) is 14.1. The Bertz CT molecular complexity index is 522. The molecule has 100 valence electrons. The molecule has 0 fully saturated rings. The Morgan fingerprint density at radius 1 is 1.11 bits per heavy atom. The molecule has 2 rings (SSSR count). The molecule has 0 aliphatic carbocycles. The standard InChI is InChI=1S/C17H20BrN/c1-3-7-16(14-8-5-4-6-9-14)19-17-11-10-13(2)12-15(17)18/h4-6,8-12,16,19H,3,7H2,1-2H3. The summed E-state index contributed by atoms with van der Waals surface area (Å²) in [5.41, 5.74) is 3.77. The van der Waals surface area contributed by atoms with Gasteiger partial charge in [-0.05, 0) is 52.5 Å². The second-order valence-electron chi connectivity index (χ2n) is 4.88. The van der Waals surface area contributed by atoms with Gasteiger partial charge >= 0.3 is 0 Å². The van der Waals surface area contributed by atoms with Crippen LogP contribution in [0.5, 0.6) is 0 Å². The summed E-state index contributed by atoms with van der Waals surface area (Å²) in [5, 5.41) is 3.64. The molecule has 0 aliphatic heterocycles. The number of anilines is 1. The summed E-state index contributed by atoms with van der Waals surface area (Å²) >= 11 is 3.64. The van der Waals surface area contributed by atoms with E-state index >= 15 is 0 Å². The molecule has 2 aromatic carbocycles. The zero-order valence-electron chi connectivity index (χ0n) is 11.5. The average Bonchev–Trinajstić information content (AvgIpc) is 2.42. The van der Waals surface area contributed by atoms with Gasteiger partial charge in [-0.2, -0.15) is 0 Å². The average molecular weight is 318 g/mol. The van der Waals surface area contributed by atoms with Crippen LogP contribution in [0.2, 0.25) is 0 Å². The van der Waals surface area contributed by atoms with E-state index in [4.69, 9.17) is 0 Å². The molecule has 2 aromatic rings. The lowest BCUT2D eigenvalue weighted by molar-refractivity contribution is 0.677. The topological polar surface area (TPSA) is 12.0 Å². The lowest BCUT2D eigenvalue weighted by Gasteiger charge is -2.21. The van der Waals surface area contributed by atoms with Crippen molar-refractivity contribution >= 4 is 21.6 Å². The van der Waals surface area contributed by atoms with Crippen LogP contribution < -0.4 is 5.32 Å². The van der Waals surface area contributed by atoms with Crippen molar-refractivity contribution in [2.45, 2.75) is 32.7 Å². The maximum absolute atomic E-state index is 3.64. The molecule has 19 heavy (non-hydrogen) atoms. The Morgan fingerprint density at radius 2 is 1.84 bits per heavy atom. The van der Waals surface area contributed by atoms with Gasteiger partial charge in [0, 0.05) is 10.2 Å². The van der Waals surface area contributed by atoms with Crippen molar-refractivity contribution in [2.24, 2.45) is 0 Å². The molecular weight excluding hydrogens is 298 g/mol. The monoisotopic (exact) mass is 317 g/mol. The predicted octanol–water partition coefficient (Wildman–Crippen LogP) is 5.71. The molecule has 0 heterocycles. The van der Waals surface area contributed by atoms with Crippen molar-refractivity contribution < 1.29 is 0 Å². The van der Waals surface area contributed by atoms with Crippen LogP contribution in [-0.2, 0) is 0 Å². The van der Waals surface area contributed by atoms with Gasteiger partial charge in [-0.3, -0.25) is 0 Å². The molecule has 0 saturated carbocycles. The van der Waals surface area contributed by atoms with Crippen molar-refractivity contribution in [2.75, 3.05) is 5.32 Å². The van der Waals surface area contributed by atoms with Crippen LogP contribution >= 0.6 is 15.9 Å². The van der Waals surface area contributed by atoms with Crippen LogP contribution in [0.1, 0.15) is 36.9 Å². The molecule has 1 nitrogen and oxygen atoms in total. The van der Waals surface area contributed by atoms with Gasteiger partial charge < -0.3 is 5.32 Å². The van der Waals surface area contributed by atoms with E-state index in [9.17, 15) is 0 Å². The summed E-state index contributed by atoms with van der Waals surface area (Å²) in [7, 11) is 0. The van der Waals surface area contributed by atoms with E-state index in [2.05, 4.69) is 83.6 Å². The quantitative estimate of drug-likeness (QED) is 0.744. The number of aryl methyl sites for hydroxylation is 1. The second-order valence-corrected chi connectivity index (χ2v) is 5.73. The Balaban J connectivity index is 2.21. The molecule has 1 N–H and O–H groups in total. The molecule has 0 bridgehead atoms. The third-order valence-electron chi connectivity index (χ3n) is 3.23. The summed E-state index contributed by atoms with van der Waals surface area (Å²) in [6, 6.07) is 17.4. The molecule has 0 aliphatic rings. The van der Waals surface area contributed by atoms with E-state index in [-0.39, 0.29) is 0 Å². The molecule has 2 heteroatoms. The number of hydrogen-bond acceptors (Lipinski definition) is 1. The Kier molecular flexibility index (Phi) is 5.03. The maximum atomic E-state index is 3.64. The summed E-state index contributed by atoms with van der Waals surface area (Å²) in [6.07, 6.45) is 2.29. The predicted molar refractivity (Wildman–Crippen MR) is 86.6 cm³/mol. The summed E-state index contributed by atoms with van der Waals surface area (Å²) < 4.78 is 1.13. The normalized spacial score (nSPS) is 12.2. The molecule has 1 atom stereocenters. The zero-order chi connectivity index (χ0) is 13.7. The highest BCUT2D eigenvalue weighted by molar-refractivity contribution is 9.10. The maximum Gasteiger partial charge on any atom is 0.0514 e. The smallest absolute Gasteiger partial charge is 0.0514 e. The SMILES string of the molecule is CCCC(Nc1ccc(C)cc1Br)c1ccccc1. The fourth-order valence-corrected chi connectivity index (χ4v) is 2.83. The number of hydrogen-bond donors (Lipinski definition) is 1. The van der Waals surface area contributed by atoms with Crippen molar-refractivity contribution in [3.05, 3.63) is 64.1 Å². The Morgan fingerprint density at radius 3 is 2.47 bits per heavy atom. The van der Waals surface area contributed by atoms with E-state index < -0.39 is 0 Å². The number of benzene rings is 2. The van der Waals surface area contributed by atoms with Crippen molar-refractivity contribution in [1.29, 1.82) is 0 Å². The van der Waals surface area contributed by atoms with Crippen molar-refractivity contribution in [3.8, 4) is 0 Å². The second kappa shape index (κ2) is 6.76. The van der Waals surface area contributed by atoms with Crippen LogP contribution in [-0.4, -0.2) is 0 Å². The Hall–Kier alpha value is -1.28. The van der Waals surface area contributed by atoms with Gasteiger partial charge in [0.1, 0.15) is 0 Å². The highest BCUT2D eigenvalue weighted by atomic mass is 79.9. The Labute approximate surface area is 124 Å². The van der Waals surface area contributed by atoms with Crippen LogP contribution in [0.4, 0.5) is 5.69 Å². The molecule has 0 saturated heterocycles. The van der Waals surface area contributed by atoms with E-state index in [0.717, 1.165) is 23.0 Å². The van der Waals surface area contributed by atoms with Gasteiger partial charge in [-0.1, -0.05) is 49.7 Å². The third-order valence-corrected chi connectivity index (χ3v) is 3.89. The summed E-state index contributed by atoms with van der Waals surface area (Å²) in [5.74, 6) is 0. The van der Waals surface area contributed by atoms with E-state index in [0.29, 0.717) is 6.04 Å². The van der Waals surface area contributed by atoms with Crippen molar-refractivity contribution in [3.63, 3.8) is 0 Å². The first-order valence-corrected chi connectivity index (χ1v) is 7.57. The van der Waals surface area contributed by atoms with Gasteiger partial charge in [-0.25, -0.2) is 0 Å². The first-order valence-electron chi connectivity index (χ1n) is 6.78. The molecule has 0 amide bonds. The van der Waals surface area contributed by atoms with Crippen LogP contribution in [0.15, 0.2) is 53.0 Å².